The van der Waals surface area contributed by atoms with E-state index < -0.39 is 0 Å². The molecule has 12 heavy (non-hydrogen) atoms. The molecule has 0 unspecified atom stereocenters. The zero-order valence-corrected chi connectivity index (χ0v) is 7.75. The van der Waals surface area contributed by atoms with E-state index in [9.17, 15) is 5.11 Å². The van der Waals surface area contributed by atoms with Gasteiger partial charge >= 0.3 is 0 Å². The molecule has 3 heteroatoms. The lowest BCUT2D eigenvalue weighted by atomic mass is 10.2. The summed E-state index contributed by atoms with van der Waals surface area (Å²) < 4.78 is 0.697. The fraction of sp³-hybridized carbons (Fsp3) is 0. The number of hydrogen-bond acceptors (Lipinski definition) is 2. The van der Waals surface area contributed by atoms with Crippen LogP contribution in [0.25, 0.3) is 10.9 Å². The standard InChI is InChI=1S/C9H6BrNO/c10-7-4-6-2-1-3-11-8(6)5-9(7)12/h1-5,12H. The minimum atomic E-state index is 0.223. The first-order valence-corrected chi connectivity index (χ1v) is 4.30. The maximum atomic E-state index is 9.33. The second-order valence-corrected chi connectivity index (χ2v) is 3.35. The van der Waals surface area contributed by atoms with Gasteiger partial charge in [-0.15, -0.1) is 0 Å². The first kappa shape index (κ1) is 7.55. The third-order valence-corrected chi connectivity index (χ3v) is 2.31. The summed E-state index contributed by atoms with van der Waals surface area (Å²) >= 11 is 3.24. The van der Waals surface area contributed by atoms with Crippen LogP contribution in [0.5, 0.6) is 5.75 Å². The van der Waals surface area contributed by atoms with Crippen molar-refractivity contribution in [3.05, 3.63) is 34.9 Å². The van der Waals surface area contributed by atoms with Gasteiger partial charge in [0.05, 0.1) is 9.99 Å². The van der Waals surface area contributed by atoms with Crippen LogP contribution in [0.3, 0.4) is 0 Å². The summed E-state index contributed by atoms with van der Waals surface area (Å²) in [5.74, 6) is 0.223. The number of halogens is 1. The lowest BCUT2D eigenvalue weighted by Gasteiger charge is -1.99. The third kappa shape index (κ3) is 1.16. The van der Waals surface area contributed by atoms with Crippen LogP contribution in [0.2, 0.25) is 0 Å². The van der Waals surface area contributed by atoms with Crippen LogP contribution < -0.4 is 0 Å². The molecule has 2 aromatic rings. The Hall–Kier alpha value is -1.09. The summed E-state index contributed by atoms with van der Waals surface area (Å²) in [5.41, 5.74) is 0.804. The van der Waals surface area contributed by atoms with Gasteiger partial charge < -0.3 is 5.11 Å². The van der Waals surface area contributed by atoms with Crippen LogP contribution in [0.4, 0.5) is 0 Å². The van der Waals surface area contributed by atoms with Crippen LogP contribution in [0.1, 0.15) is 0 Å². The molecule has 0 aliphatic heterocycles. The lowest BCUT2D eigenvalue weighted by molar-refractivity contribution is 0.472. The molecule has 0 aliphatic carbocycles. The summed E-state index contributed by atoms with van der Waals surface area (Å²) in [4.78, 5) is 4.10. The molecule has 0 amide bonds. The Bertz CT molecular complexity index is 387. The van der Waals surface area contributed by atoms with E-state index in [2.05, 4.69) is 20.9 Å². The Balaban J connectivity index is 2.84. The fourth-order valence-corrected chi connectivity index (χ4v) is 1.44. The van der Waals surface area contributed by atoms with Crippen molar-refractivity contribution < 1.29 is 5.11 Å². The monoisotopic (exact) mass is 223 g/mol. The number of phenolic OH excluding ortho intramolecular Hbond substituents is 1. The van der Waals surface area contributed by atoms with Gasteiger partial charge in [0.25, 0.3) is 0 Å². The molecule has 0 fully saturated rings. The zero-order chi connectivity index (χ0) is 8.55. The summed E-state index contributed by atoms with van der Waals surface area (Å²) in [7, 11) is 0. The SMILES string of the molecule is Oc1cc2ncccc2cc1Br. The summed E-state index contributed by atoms with van der Waals surface area (Å²) in [6.07, 6.45) is 1.70. The summed E-state index contributed by atoms with van der Waals surface area (Å²) in [5, 5.41) is 10.3. The predicted molar refractivity (Wildman–Crippen MR) is 51.1 cm³/mol. The number of hydrogen-bond donors (Lipinski definition) is 1. The first-order chi connectivity index (χ1) is 5.77. The molecule has 0 atom stereocenters. The first-order valence-electron chi connectivity index (χ1n) is 3.50. The molecule has 0 saturated carbocycles. The Labute approximate surface area is 78.0 Å². The average Bonchev–Trinajstić information content (AvgIpc) is 2.07. The van der Waals surface area contributed by atoms with E-state index >= 15 is 0 Å². The molecule has 1 aromatic carbocycles. The number of aromatic nitrogens is 1. The van der Waals surface area contributed by atoms with Crippen molar-refractivity contribution in [1.82, 2.24) is 4.98 Å². The average molecular weight is 224 g/mol. The molecule has 60 valence electrons. The zero-order valence-electron chi connectivity index (χ0n) is 6.16. The molecule has 0 bridgehead atoms. The molecular formula is C9H6BrNO. The molecule has 0 aliphatic rings. The molecule has 0 saturated heterocycles. The molecule has 2 rings (SSSR count). The molecule has 1 N–H and O–H groups in total. The van der Waals surface area contributed by atoms with Crippen LogP contribution >= 0.6 is 15.9 Å². The van der Waals surface area contributed by atoms with Crippen molar-refractivity contribution in [2.75, 3.05) is 0 Å². The quantitative estimate of drug-likeness (QED) is 0.746. The van der Waals surface area contributed by atoms with Crippen molar-refractivity contribution in [3.63, 3.8) is 0 Å². The van der Waals surface area contributed by atoms with Crippen LogP contribution in [0.15, 0.2) is 34.9 Å². The van der Waals surface area contributed by atoms with Crippen molar-refractivity contribution in [2.24, 2.45) is 0 Å². The van der Waals surface area contributed by atoms with Gasteiger partial charge in [-0.3, -0.25) is 4.98 Å². The number of fused-ring (bicyclic) bond motifs is 1. The van der Waals surface area contributed by atoms with Crippen molar-refractivity contribution in [3.8, 4) is 5.75 Å². The van der Waals surface area contributed by atoms with E-state index in [1.165, 1.54) is 0 Å². The Kier molecular flexibility index (Phi) is 1.73. The van der Waals surface area contributed by atoms with E-state index in [0.29, 0.717) is 4.47 Å². The van der Waals surface area contributed by atoms with E-state index in [-0.39, 0.29) is 5.75 Å². The van der Waals surface area contributed by atoms with E-state index in [1.54, 1.807) is 12.3 Å². The second-order valence-electron chi connectivity index (χ2n) is 2.50. The second kappa shape index (κ2) is 2.75. The molecular weight excluding hydrogens is 218 g/mol. The molecule has 0 spiro atoms. The number of pyridine rings is 1. The summed E-state index contributed by atoms with van der Waals surface area (Å²) in [6.45, 7) is 0. The molecule has 2 nitrogen and oxygen atoms in total. The van der Waals surface area contributed by atoms with Crippen LogP contribution in [-0.2, 0) is 0 Å². The normalized spacial score (nSPS) is 10.4. The van der Waals surface area contributed by atoms with Crippen molar-refractivity contribution >= 4 is 26.8 Å². The van der Waals surface area contributed by atoms with Gasteiger partial charge in [0.2, 0.25) is 0 Å². The summed E-state index contributed by atoms with van der Waals surface area (Å²) in [6, 6.07) is 7.30. The van der Waals surface area contributed by atoms with E-state index in [1.807, 2.05) is 18.2 Å². The number of aromatic hydroxyl groups is 1. The van der Waals surface area contributed by atoms with Gasteiger partial charge in [-0.25, -0.2) is 0 Å². The maximum absolute atomic E-state index is 9.33. The Morgan fingerprint density at radius 1 is 1.33 bits per heavy atom. The highest BCUT2D eigenvalue weighted by atomic mass is 79.9. The molecule has 1 heterocycles. The number of benzene rings is 1. The van der Waals surface area contributed by atoms with E-state index in [0.717, 1.165) is 10.9 Å². The third-order valence-electron chi connectivity index (χ3n) is 1.67. The van der Waals surface area contributed by atoms with Crippen molar-refractivity contribution in [2.45, 2.75) is 0 Å². The number of nitrogens with zero attached hydrogens (tertiary/aromatic N) is 1. The molecule has 1 aromatic heterocycles. The van der Waals surface area contributed by atoms with Crippen LogP contribution in [-0.4, -0.2) is 10.1 Å². The molecule has 0 radical (unpaired) electrons. The van der Waals surface area contributed by atoms with Gasteiger partial charge in [-0.2, -0.15) is 0 Å². The lowest BCUT2D eigenvalue weighted by Crippen LogP contribution is -1.77. The highest BCUT2D eigenvalue weighted by molar-refractivity contribution is 9.10. The number of phenols is 1. The van der Waals surface area contributed by atoms with E-state index in [4.69, 9.17) is 0 Å². The van der Waals surface area contributed by atoms with Gasteiger partial charge in [0, 0.05) is 17.6 Å². The minimum Gasteiger partial charge on any atom is -0.507 e. The number of rotatable bonds is 0. The Morgan fingerprint density at radius 3 is 3.00 bits per heavy atom. The van der Waals surface area contributed by atoms with Crippen LogP contribution in [0, 0.1) is 0 Å². The minimum absolute atomic E-state index is 0.223. The smallest absolute Gasteiger partial charge is 0.131 e. The van der Waals surface area contributed by atoms with Gasteiger partial charge in [0.15, 0.2) is 0 Å². The van der Waals surface area contributed by atoms with Gasteiger partial charge in [-0.05, 0) is 28.1 Å². The largest absolute Gasteiger partial charge is 0.507 e. The highest BCUT2D eigenvalue weighted by Gasteiger charge is 1.99. The topological polar surface area (TPSA) is 33.1 Å². The Morgan fingerprint density at radius 2 is 2.17 bits per heavy atom. The highest BCUT2D eigenvalue weighted by Crippen LogP contribution is 2.27. The fourth-order valence-electron chi connectivity index (χ4n) is 1.08. The van der Waals surface area contributed by atoms with Crippen molar-refractivity contribution in [1.29, 1.82) is 0 Å². The predicted octanol–water partition coefficient (Wildman–Crippen LogP) is 2.70. The van der Waals surface area contributed by atoms with Gasteiger partial charge in [-0.1, -0.05) is 6.07 Å². The van der Waals surface area contributed by atoms with Gasteiger partial charge in [0.1, 0.15) is 5.75 Å². The maximum Gasteiger partial charge on any atom is 0.131 e.